The Bertz CT molecular complexity index is 263. The van der Waals surface area contributed by atoms with E-state index in [2.05, 4.69) is 10.2 Å². The Morgan fingerprint density at radius 3 is 2.30 bits per heavy atom. The number of H-pyrrole nitrogens is 1. The first-order chi connectivity index (χ1) is 4.63. The third-order valence-corrected chi connectivity index (χ3v) is 1.59. The van der Waals surface area contributed by atoms with Gasteiger partial charge in [0.1, 0.15) is 5.69 Å². The summed E-state index contributed by atoms with van der Waals surface area (Å²) < 4.78 is 0. The third kappa shape index (κ3) is 0.943. The molecule has 0 fully saturated rings. The zero-order valence-corrected chi connectivity index (χ0v) is 6.36. The largest absolute Gasteiger partial charge is 0.293 e. The molecule has 0 aliphatic carbocycles. The Balaban J connectivity index is 3.17. The molecule has 0 aliphatic rings. The highest BCUT2D eigenvalue weighted by molar-refractivity contribution is 5.93. The molecule has 10 heavy (non-hydrogen) atoms. The molecule has 0 bridgehead atoms. The molecule has 3 nitrogen and oxygen atoms in total. The van der Waals surface area contributed by atoms with Crippen LogP contribution in [0, 0.1) is 13.8 Å². The molecular weight excluding hydrogens is 128 g/mol. The van der Waals surface area contributed by atoms with E-state index in [1.54, 1.807) is 0 Å². The topological polar surface area (TPSA) is 45.8 Å². The third-order valence-electron chi connectivity index (χ3n) is 1.59. The number of ketones is 1. The summed E-state index contributed by atoms with van der Waals surface area (Å²) in [6.07, 6.45) is 0. The fourth-order valence-electron chi connectivity index (χ4n) is 0.828. The molecule has 0 unspecified atom stereocenters. The van der Waals surface area contributed by atoms with E-state index >= 15 is 0 Å². The van der Waals surface area contributed by atoms with Crippen molar-refractivity contribution >= 4 is 5.78 Å². The molecule has 54 valence electrons. The van der Waals surface area contributed by atoms with Crippen LogP contribution in [0.25, 0.3) is 0 Å². The fraction of sp³-hybridized carbons (Fsp3) is 0.429. The van der Waals surface area contributed by atoms with E-state index < -0.39 is 0 Å². The van der Waals surface area contributed by atoms with Gasteiger partial charge >= 0.3 is 0 Å². The summed E-state index contributed by atoms with van der Waals surface area (Å²) in [5.41, 5.74) is 2.47. The van der Waals surface area contributed by atoms with Crippen LogP contribution in [0.4, 0.5) is 0 Å². The first-order valence-corrected chi connectivity index (χ1v) is 3.15. The number of rotatable bonds is 1. The van der Waals surface area contributed by atoms with Gasteiger partial charge in [0.05, 0.1) is 0 Å². The highest BCUT2D eigenvalue weighted by Gasteiger charge is 2.08. The average molecular weight is 138 g/mol. The van der Waals surface area contributed by atoms with Crippen molar-refractivity contribution in [1.82, 2.24) is 10.2 Å². The number of carbonyl (C=O) groups excluding carboxylic acids is 1. The quantitative estimate of drug-likeness (QED) is 0.593. The van der Waals surface area contributed by atoms with Crippen LogP contribution in [0.2, 0.25) is 0 Å². The van der Waals surface area contributed by atoms with Crippen molar-refractivity contribution in [2.45, 2.75) is 20.8 Å². The predicted molar refractivity (Wildman–Crippen MR) is 38.1 cm³/mol. The minimum Gasteiger partial charge on any atom is -0.293 e. The molecule has 0 radical (unpaired) electrons. The first-order valence-electron chi connectivity index (χ1n) is 3.15. The van der Waals surface area contributed by atoms with Crippen molar-refractivity contribution in [3.8, 4) is 0 Å². The zero-order chi connectivity index (χ0) is 7.72. The van der Waals surface area contributed by atoms with E-state index in [0.717, 1.165) is 11.3 Å². The Morgan fingerprint density at radius 2 is 2.10 bits per heavy atom. The lowest BCUT2D eigenvalue weighted by Gasteiger charge is -1.88. The molecule has 1 aromatic rings. The maximum absolute atomic E-state index is 10.8. The second-order valence-electron chi connectivity index (χ2n) is 2.38. The van der Waals surface area contributed by atoms with E-state index in [-0.39, 0.29) is 5.78 Å². The van der Waals surface area contributed by atoms with E-state index in [1.807, 2.05) is 13.8 Å². The van der Waals surface area contributed by atoms with E-state index in [1.165, 1.54) is 6.92 Å². The molecular formula is C7H10N2O. The minimum absolute atomic E-state index is 0.0156. The zero-order valence-electron chi connectivity index (χ0n) is 6.36. The molecule has 0 amide bonds. The summed E-state index contributed by atoms with van der Waals surface area (Å²) in [5.74, 6) is 0.0156. The van der Waals surface area contributed by atoms with Crippen molar-refractivity contribution in [1.29, 1.82) is 0 Å². The van der Waals surface area contributed by atoms with Crippen molar-refractivity contribution in [2.24, 2.45) is 0 Å². The number of nitrogens with zero attached hydrogens (tertiary/aromatic N) is 1. The maximum atomic E-state index is 10.8. The molecule has 0 atom stereocenters. The summed E-state index contributed by atoms with van der Waals surface area (Å²) in [6.45, 7) is 5.30. The lowest BCUT2D eigenvalue weighted by Crippen LogP contribution is -1.94. The van der Waals surface area contributed by atoms with Gasteiger partial charge < -0.3 is 0 Å². The van der Waals surface area contributed by atoms with Crippen LogP contribution in [0.3, 0.4) is 0 Å². The second-order valence-corrected chi connectivity index (χ2v) is 2.38. The Hall–Kier alpha value is -1.12. The van der Waals surface area contributed by atoms with Gasteiger partial charge in [-0.15, -0.1) is 0 Å². The van der Waals surface area contributed by atoms with Crippen molar-refractivity contribution in [3.05, 3.63) is 17.0 Å². The van der Waals surface area contributed by atoms with Crippen molar-refractivity contribution in [3.63, 3.8) is 0 Å². The van der Waals surface area contributed by atoms with Crippen LogP contribution in [0.5, 0.6) is 0 Å². The summed E-state index contributed by atoms with van der Waals surface area (Å²) in [7, 11) is 0. The highest BCUT2D eigenvalue weighted by Crippen LogP contribution is 2.07. The Kier molecular flexibility index (Phi) is 1.57. The molecule has 1 aromatic heterocycles. The molecule has 1 rings (SSSR count). The van der Waals surface area contributed by atoms with Gasteiger partial charge in [-0.1, -0.05) is 0 Å². The number of aryl methyl sites for hydroxylation is 1. The lowest BCUT2D eigenvalue weighted by atomic mass is 10.2. The second kappa shape index (κ2) is 2.25. The number of hydrogen-bond acceptors (Lipinski definition) is 2. The van der Waals surface area contributed by atoms with Crippen LogP contribution in [-0.4, -0.2) is 16.0 Å². The van der Waals surface area contributed by atoms with Crippen LogP contribution in [-0.2, 0) is 0 Å². The average Bonchev–Trinajstić information content (AvgIpc) is 2.14. The van der Waals surface area contributed by atoms with Crippen LogP contribution < -0.4 is 0 Å². The van der Waals surface area contributed by atoms with Gasteiger partial charge in [0.25, 0.3) is 0 Å². The molecule has 1 N–H and O–H groups in total. The molecule has 3 heteroatoms. The summed E-state index contributed by atoms with van der Waals surface area (Å²) in [6, 6.07) is 0. The number of aromatic amines is 1. The van der Waals surface area contributed by atoms with E-state index in [0.29, 0.717) is 5.69 Å². The summed E-state index contributed by atoms with van der Waals surface area (Å²) in [4.78, 5) is 10.8. The number of Topliss-reactive ketones (excluding diaryl/α,β-unsaturated/α-hetero) is 1. The normalized spacial score (nSPS) is 9.90. The van der Waals surface area contributed by atoms with Gasteiger partial charge in [0.2, 0.25) is 0 Å². The summed E-state index contributed by atoms with van der Waals surface area (Å²) in [5, 5.41) is 6.59. The van der Waals surface area contributed by atoms with Gasteiger partial charge in [-0.25, -0.2) is 0 Å². The van der Waals surface area contributed by atoms with Gasteiger partial charge in [-0.05, 0) is 13.8 Å². The fourth-order valence-corrected chi connectivity index (χ4v) is 0.828. The Morgan fingerprint density at radius 1 is 1.50 bits per heavy atom. The first kappa shape index (κ1) is 6.99. The van der Waals surface area contributed by atoms with E-state index in [4.69, 9.17) is 0 Å². The van der Waals surface area contributed by atoms with Crippen LogP contribution >= 0.6 is 0 Å². The van der Waals surface area contributed by atoms with Crippen molar-refractivity contribution < 1.29 is 4.79 Å². The number of nitrogens with one attached hydrogen (secondary N) is 1. The standard InChI is InChI=1S/C7H10N2O/c1-4-5(2)8-9-7(4)6(3)10/h1-3H3,(H,8,9). The molecule has 0 saturated carbocycles. The van der Waals surface area contributed by atoms with Crippen LogP contribution in [0.15, 0.2) is 0 Å². The van der Waals surface area contributed by atoms with Gasteiger partial charge in [0.15, 0.2) is 5.78 Å². The molecule has 0 saturated heterocycles. The smallest absolute Gasteiger partial charge is 0.180 e. The Labute approximate surface area is 59.4 Å². The minimum atomic E-state index is 0.0156. The molecule has 0 aliphatic heterocycles. The number of hydrogen-bond donors (Lipinski definition) is 1. The number of aromatic nitrogens is 2. The highest BCUT2D eigenvalue weighted by atomic mass is 16.1. The molecule has 1 heterocycles. The number of carbonyl (C=O) groups is 1. The SMILES string of the molecule is CC(=O)c1n[nH]c(C)c1C. The van der Waals surface area contributed by atoms with Gasteiger partial charge in [0, 0.05) is 18.2 Å². The van der Waals surface area contributed by atoms with E-state index in [9.17, 15) is 4.79 Å². The molecule has 0 spiro atoms. The van der Waals surface area contributed by atoms with Gasteiger partial charge in [-0.3, -0.25) is 9.89 Å². The molecule has 0 aromatic carbocycles. The summed E-state index contributed by atoms with van der Waals surface area (Å²) >= 11 is 0. The lowest BCUT2D eigenvalue weighted by molar-refractivity contribution is 0.101. The maximum Gasteiger partial charge on any atom is 0.180 e. The predicted octanol–water partition coefficient (Wildman–Crippen LogP) is 1.23. The van der Waals surface area contributed by atoms with Gasteiger partial charge in [-0.2, -0.15) is 5.10 Å². The van der Waals surface area contributed by atoms with Crippen molar-refractivity contribution in [2.75, 3.05) is 0 Å². The monoisotopic (exact) mass is 138 g/mol. The van der Waals surface area contributed by atoms with Crippen LogP contribution in [0.1, 0.15) is 28.7 Å².